The highest BCUT2D eigenvalue weighted by atomic mass is 15.3. The molecule has 0 radical (unpaired) electrons. The Kier molecular flexibility index (Phi) is 5.49. The topological polar surface area (TPSA) is 53.9 Å². The minimum absolute atomic E-state index is 0.299. The van der Waals surface area contributed by atoms with Crippen LogP contribution in [0.5, 0.6) is 0 Å². The second-order valence-corrected chi connectivity index (χ2v) is 5.28. The van der Waals surface area contributed by atoms with Crippen LogP contribution < -0.4 is 10.2 Å². The third-order valence-corrected chi connectivity index (χ3v) is 3.18. The molecule has 0 fully saturated rings. The molecule has 0 unspecified atom stereocenters. The minimum atomic E-state index is 0.299. The summed E-state index contributed by atoms with van der Waals surface area (Å²) in [6, 6.07) is 10.6. The summed E-state index contributed by atoms with van der Waals surface area (Å²) < 4.78 is 0. The van der Waals surface area contributed by atoms with Crippen LogP contribution in [0.2, 0.25) is 0 Å². The van der Waals surface area contributed by atoms with Gasteiger partial charge in [0.2, 0.25) is 5.95 Å². The first-order chi connectivity index (χ1) is 10.2. The lowest BCUT2D eigenvalue weighted by Gasteiger charge is -2.26. The van der Waals surface area contributed by atoms with Gasteiger partial charge in [0, 0.05) is 19.1 Å². The SMILES string of the molecule is CCCNc1cnnc(N(Cc2ccccc2)C(C)C)n1. The van der Waals surface area contributed by atoms with Crippen LogP contribution in [0.15, 0.2) is 36.5 Å². The van der Waals surface area contributed by atoms with Gasteiger partial charge in [-0.1, -0.05) is 37.3 Å². The molecule has 2 rings (SSSR count). The Hall–Kier alpha value is -2.17. The van der Waals surface area contributed by atoms with Crippen molar-refractivity contribution < 1.29 is 0 Å². The number of benzene rings is 1. The molecule has 1 aromatic carbocycles. The molecule has 0 spiro atoms. The van der Waals surface area contributed by atoms with E-state index in [1.54, 1.807) is 6.20 Å². The highest BCUT2D eigenvalue weighted by Gasteiger charge is 2.15. The molecule has 0 saturated heterocycles. The molecule has 112 valence electrons. The van der Waals surface area contributed by atoms with E-state index in [0.29, 0.717) is 12.0 Å². The molecule has 1 aromatic heterocycles. The highest BCUT2D eigenvalue weighted by molar-refractivity contribution is 5.40. The Morgan fingerprint density at radius 1 is 1.19 bits per heavy atom. The highest BCUT2D eigenvalue weighted by Crippen LogP contribution is 2.16. The number of hydrogen-bond acceptors (Lipinski definition) is 5. The number of anilines is 2. The van der Waals surface area contributed by atoms with Gasteiger partial charge >= 0.3 is 0 Å². The maximum atomic E-state index is 4.57. The van der Waals surface area contributed by atoms with Crippen LogP contribution in [0.1, 0.15) is 32.8 Å². The molecular formula is C16H23N5. The Morgan fingerprint density at radius 3 is 2.62 bits per heavy atom. The monoisotopic (exact) mass is 285 g/mol. The molecule has 0 aliphatic rings. The van der Waals surface area contributed by atoms with E-state index in [2.05, 4.69) is 58.3 Å². The van der Waals surface area contributed by atoms with Crippen LogP contribution >= 0.6 is 0 Å². The largest absolute Gasteiger partial charge is 0.369 e. The molecule has 0 bridgehead atoms. The van der Waals surface area contributed by atoms with E-state index in [9.17, 15) is 0 Å². The zero-order valence-corrected chi connectivity index (χ0v) is 13.0. The lowest BCUT2D eigenvalue weighted by atomic mass is 10.2. The molecule has 21 heavy (non-hydrogen) atoms. The Bertz CT molecular complexity index is 541. The lowest BCUT2D eigenvalue weighted by Crippen LogP contribution is -2.32. The van der Waals surface area contributed by atoms with E-state index in [4.69, 9.17) is 0 Å². The minimum Gasteiger partial charge on any atom is -0.369 e. The molecule has 0 atom stereocenters. The molecule has 5 nitrogen and oxygen atoms in total. The van der Waals surface area contributed by atoms with Crippen molar-refractivity contribution >= 4 is 11.8 Å². The predicted octanol–water partition coefficient (Wildman–Crippen LogP) is 3.11. The summed E-state index contributed by atoms with van der Waals surface area (Å²) in [4.78, 5) is 6.72. The van der Waals surface area contributed by atoms with Gasteiger partial charge in [-0.3, -0.25) is 0 Å². The third kappa shape index (κ3) is 4.41. The van der Waals surface area contributed by atoms with Gasteiger partial charge in [-0.05, 0) is 25.8 Å². The first-order valence-corrected chi connectivity index (χ1v) is 7.45. The fraction of sp³-hybridized carbons (Fsp3) is 0.438. The van der Waals surface area contributed by atoms with Gasteiger partial charge in [0.1, 0.15) is 0 Å². The predicted molar refractivity (Wildman–Crippen MR) is 86.4 cm³/mol. The number of hydrogen-bond donors (Lipinski definition) is 1. The van der Waals surface area contributed by atoms with Gasteiger partial charge in [0.15, 0.2) is 5.82 Å². The van der Waals surface area contributed by atoms with Crippen molar-refractivity contribution in [3.63, 3.8) is 0 Å². The van der Waals surface area contributed by atoms with Crippen LogP contribution in [0.25, 0.3) is 0 Å². The van der Waals surface area contributed by atoms with Crippen molar-refractivity contribution in [1.29, 1.82) is 0 Å². The zero-order chi connectivity index (χ0) is 15.1. The normalized spacial score (nSPS) is 10.7. The lowest BCUT2D eigenvalue weighted by molar-refractivity contribution is 0.652. The quantitative estimate of drug-likeness (QED) is 0.847. The van der Waals surface area contributed by atoms with Crippen molar-refractivity contribution in [3.8, 4) is 0 Å². The van der Waals surface area contributed by atoms with Gasteiger partial charge in [0.05, 0.1) is 6.20 Å². The van der Waals surface area contributed by atoms with E-state index in [1.165, 1.54) is 5.56 Å². The third-order valence-electron chi connectivity index (χ3n) is 3.18. The van der Waals surface area contributed by atoms with Gasteiger partial charge in [-0.15, -0.1) is 5.10 Å². The maximum absolute atomic E-state index is 4.57. The summed E-state index contributed by atoms with van der Waals surface area (Å²) >= 11 is 0. The van der Waals surface area contributed by atoms with Crippen molar-refractivity contribution in [2.75, 3.05) is 16.8 Å². The van der Waals surface area contributed by atoms with E-state index < -0.39 is 0 Å². The van der Waals surface area contributed by atoms with E-state index in [0.717, 1.165) is 25.3 Å². The number of nitrogens with one attached hydrogen (secondary N) is 1. The fourth-order valence-corrected chi connectivity index (χ4v) is 2.02. The van der Waals surface area contributed by atoms with Gasteiger partial charge in [-0.2, -0.15) is 10.1 Å². The molecule has 1 N–H and O–H groups in total. The standard InChI is InChI=1S/C16H23N5/c1-4-10-17-15-11-18-20-16(19-15)21(13(2)3)12-14-8-6-5-7-9-14/h5-9,11,13H,4,10,12H2,1-3H3,(H,17,19,20). The summed E-state index contributed by atoms with van der Waals surface area (Å²) in [5.41, 5.74) is 1.24. The second kappa shape index (κ2) is 7.57. The second-order valence-electron chi connectivity index (χ2n) is 5.28. The molecule has 0 amide bonds. The number of aromatic nitrogens is 3. The number of nitrogens with zero attached hydrogens (tertiary/aromatic N) is 4. The maximum Gasteiger partial charge on any atom is 0.247 e. The summed E-state index contributed by atoms with van der Waals surface area (Å²) in [5, 5.41) is 11.5. The molecular weight excluding hydrogens is 262 g/mol. The van der Waals surface area contributed by atoms with Crippen molar-refractivity contribution in [2.24, 2.45) is 0 Å². The molecule has 0 saturated carbocycles. The summed E-state index contributed by atoms with van der Waals surface area (Å²) in [6.07, 6.45) is 2.72. The smallest absolute Gasteiger partial charge is 0.247 e. The molecule has 2 aromatic rings. The van der Waals surface area contributed by atoms with E-state index in [1.807, 2.05) is 18.2 Å². The van der Waals surface area contributed by atoms with Gasteiger partial charge in [-0.25, -0.2) is 0 Å². The first kappa shape index (κ1) is 15.2. The van der Waals surface area contributed by atoms with Crippen LogP contribution in [-0.2, 0) is 6.54 Å². The first-order valence-electron chi connectivity index (χ1n) is 7.45. The van der Waals surface area contributed by atoms with Crippen molar-refractivity contribution in [3.05, 3.63) is 42.1 Å². The van der Waals surface area contributed by atoms with Crippen molar-refractivity contribution in [1.82, 2.24) is 15.2 Å². The average molecular weight is 285 g/mol. The van der Waals surface area contributed by atoms with E-state index in [-0.39, 0.29) is 0 Å². The summed E-state index contributed by atoms with van der Waals surface area (Å²) in [7, 11) is 0. The van der Waals surface area contributed by atoms with Crippen LogP contribution in [0.4, 0.5) is 11.8 Å². The van der Waals surface area contributed by atoms with E-state index >= 15 is 0 Å². The number of rotatable bonds is 7. The molecule has 0 aliphatic carbocycles. The summed E-state index contributed by atoms with van der Waals surface area (Å²) in [5.74, 6) is 1.44. The van der Waals surface area contributed by atoms with Crippen LogP contribution in [0.3, 0.4) is 0 Å². The van der Waals surface area contributed by atoms with Gasteiger partial charge < -0.3 is 10.2 Å². The molecule has 5 heteroatoms. The Balaban J connectivity index is 2.18. The average Bonchev–Trinajstić information content (AvgIpc) is 2.51. The summed E-state index contributed by atoms with van der Waals surface area (Å²) in [6.45, 7) is 8.06. The van der Waals surface area contributed by atoms with Crippen LogP contribution in [0, 0.1) is 0 Å². The molecule has 1 heterocycles. The molecule has 0 aliphatic heterocycles. The van der Waals surface area contributed by atoms with Crippen LogP contribution in [-0.4, -0.2) is 27.8 Å². The Morgan fingerprint density at radius 2 is 1.95 bits per heavy atom. The fourth-order valence-electron chi connectivity index (χ4n) is 2.02. The van der Waals surface area contributed by atoms with Gasteiger partial charge in [0.25, 0.3) is 0 Å². The van der Waals surface area contributed by atoms with Crippen molar-refractivity contribution in [2.45, 2.75) is 39.8 Å². The Labute approximate surface area is 126 Å². The zero-order valence-electron chi connectivity index (χ0n) is 13.0.